The predicted molar refractivity (Wildman–Crippen MR) is 108 cm³/mol. The largest absolute Gasteiger partial charge is 0.491 e. The summed E-state index contributed by atoms with van der Waals surface area (Å²) in [5, 5.41) is 12.1. The van der Waals surface area contributed by atoms with Crippen molar-refractivity contribution in [2.24, 2.45) is 0 Å². The van der Waals surface area contributed by atoms with Crippen molar-refractivity contribution in [3.63, 3.8) is 0 Å². The summed E-state index contributed by atoms with van der Waals surface area (Å²) < 4.78 is 15.6. The first-order chi connectivity index (χ1) is 13.8. The van der Waals surface area contributed by atoms with Crippen molar-refractivity contribution in [2.45, 2.75) is 26.9 Å². The SMILES string of the molecule is Cc1nsc(NC(=O)c2cc(Oc3ccc(C(=O)O)cc3)cc(OC(C)C)c2)n1. The standard InChI is InChI=1S/C20H19N3O5S/c1-11(2)27-16-8-14(18(24)22-20-21-12(3)23-29-20)9-17(10-16)28-15-6-4-13(5-7-15)19(25)26/h4-11H,1-3H3,(H,25,26)(H,21,22,23,24). The third kappa shape index (κ3) is 5.52. The number of nitrogens with one attached hydrogen (secondary N) is 1. The lowest BCUT2D eigenvalue weighted by Gasteiger charge is -2.14. The second-order valence-corrected chi connectivity index (χ2v) is 7.14. The minimum atomic E-state index is -1.02. The van der Waals surface area contributed by atoms with Crippen LogP contribution in [-0.4, -0.2) is 32.4 Å². The first kappa shape index (κ1) is 20.3. The molecule has 150 valence electrons. The highest BCUT2D eigenvalue weighted by Gasteiger charge is 2.14. The summed E-state index contributed by atoms with van der Waals surface area (Å²) in [6.07, 6.45) is -0.0955. The maximum absolute atomic E-state index is 12.6. The highest BCUT2D eigenvalue weighted by Crippen LogP contribution is 2.29. The number of hydrogen-bond acceptors (Lipinski definition) is 7. The number of carboxylic acid groups (broad SMARTS) is 1. The van der Waals surface area contributed by atoms with Crippen LogP contribution in [0.15, 0.2) is 42.5 Å². The van der Waals surface area contributed by atoms with Gasteiger partial charge in [-0.2, -0.15) is 4.37 Å². The van der Waals surface area contributed by atoms with Gasteiger partial charge in [0.1, 0.15) is 23.1 Å². The van der Waals surface area contributed by atoms with Gasteiger partial charge in [-0.15, -0.1) is 0 Å². The number of nitrogens with zero attached hydrogens (tertiary/aromatic N) is 2. The molecule has 0 unspecified atom stereocenters. The van der Waals surface area contributed by atoms with Crippen LogP contribution >= 0.6 is 11.5 Å². The minimum absolute atomic E-state index is 0.0955. The first-order valence-electron chi connectivity index (χ1n) is 8.75. The number of carboxylic acids is 1. The third-order valence-electron chi connectivity index (χ3n) is 3.60. The Bertz CT molecular complexity index is 1030. The number of amides is 1. The Kier molecular flexibility index (Phi) is 6.08. The Morgan fingerprint density at radius 2 is 1.72 bits per heavy atom. The van der Waals surface area contributed by atoms with E-state index >= 15 is 0 Å². The molecule has 0 radical (unpaired) electrons. The molecule has 0 fully saturated rings. The summed E-state index contributed by atoms with van der Waals surface area (Å²) in [4.78, 5) is 27.7. The zero-order valence-corrected chi connectivity index (χ0v) is 16.8. The minimum Gasteiger partial charge on any atom is -0.491 e. The van der Waals surface area contributed by atoms with Crippen molar-refractivity contribution in [3.8, 4) is 17.2 Å². The Morgan fingerprint density at radius 1 is 1.03 bits per heavy atom. The fraction of sp³-hybridized carbons (Fsp3) is 0.200. The van der Waals surface area contributed by atoms with E-state index in [-0.39, 0.29) is 17.6 Å². The van der Waals surface area contributed by atoms with Gasteiger partial charge in [0.25, 0.3) is 5.91 Å². The van der Waals surface area contributed by atoms with E-state index in [1.165, 1.54) is 12.1 Å². The molecule has 9 heteroatoms. The molecule has 0 aliphatic carbocycles. The summed E-state index contributed by atoms with van der Waals surface area (Å²) in [7, 11) is 0. The Labute approximate surface area is 171 Å². The topological polar surface area (TPSA) is 111 Å². The van der Waals surface area contributed by atoms with E-state index in [0.717, 1.165) is 11.5 Å². The molecule has 8 nitrogen and oxygen atoms in total. The summed E-state index contributed by atoms with van der Waals surface area (Å²) in [5.41, 5.74) is 0.481. The van der Waals surface area contributed by atoms with Gasteiger partial charge in [-0.05, 0) is 57.2 Å². The van der Waals surface area contributed by atoms with Gasteiger partial charge in [-0.3, -0.25) is 10.1 Å². The Hall–Kier alpha value is -3.46. The van der Waals surface area contributed by atoms with Gasteiger partial charge in [0, 0.05) is 23.2 Å². The second kappa shape index (κ2) is 8.70. The third-order valence-corrected chi connectivity index (χ3v) is 4.32. The van der Waals surface area contributed by atoms with Crippen LogP contribution in [0, 0.1) is 6.92 Å². The molecule has 1 heterocycles. The van der Waals surface area contributed by atoms with Crippen molar-refractivity contribution in [3.05, 3.63) is 59.4 Å². The maximum atomic E-state index is 12.6. The molecule has 0 bridgehead atoms. The number of hydrogen-bond donors (Lipinski definition) is 2. The molecule has 1 aromatic heterocycles. The molecule has 29 heavy (non-hydrogen) atoms. The summed E-state index contributed by atoms with van der Waals surface area (Å²) in [6.45, 7) is 5.49. The quantitative estimate of drug-likeness (QED) is 0.591. The van der Waals surface area contributed by atoms with Gasteiger partial charge >= 0.3 is 5.97 Å². The number of aromatic nitrogens is 2. The Morgan fingerprint density at radius 3 is 2.31 bits per heavy atom. The van der Waals surface area contributed by atoms with E-state index in [2.05, 4.69) is 14.7 Å². The fourth-order valence-corrected chi connectivity index (χ4v) is 2.99. The highest BCUT2D eigenvalue weighted by atomic mass is 32.1. The van der Waals surface area contributed by atoms with E-state index in [1.807, 2.05) is 13.8 Å². The van der Waals surface area contributed by atoms with Crippen LogP contribution in [0.2, 0.25) is 0 Å². The fourth-order valence-electron chi connectivity index (χ4n) is 2.42. The molecule has 0 spiro atoms. The lowest BCUT2D eigenvalue weighted by Crippen LogP contribution is -2.13. The van der Waals surface area contributed by atoms with Crippen molar-refractivity contribution in [2.75, 3.05) is 5.32 Å². The lowest BCUT2D eigenvalue weighted by molar-refractivity contribution is 0.0696. The van der Waals surface area contributed by atoms with Crippen LogP contribution in [0.3, 0.4) is 0 Å². The molecule has 0 aliphatic heterocycles. The molecule has 0 aliphatic rings. The summed E-state index contributed by atoms with van der Waals surface area (Å²) in [5.74, 6) is 0.470. The van der Waals surface area contributed by atoms with Crippen LogP contribution in [0.5, 0.6) is 17.2 Å². The molecule has 3 rings (SSSR count). The van der Waals surface area contributed by atoms with Crippen LogP contribution in [0.4, 0.5) is 5.13 Å². The number of rotatable bonds is 7. The van der Waals surface area contributed by atoms with Crippen molar-refractivity contribution in [1.82, 2.24) is 9.36 Å². The Balaban J connectivity index is 1.86. The zero-order valence-electron chi connectivity index (χ0n) is 16.0. The molecule has 0 atom stereocenters. The molecule has 0 saturated heterocycles. The van der Waals surface area contributed by atoms with Crippen LogP contribution in [0.1, 0.15) is 40.4 Å². The number of ether oxygens (including phenoxy) is 2. The number of aryl methyl sites for hydroxylation is 1. The molecule has 1 amide bonds. The van der Waals surface area contributed by atoms with Crippen molar-refractivity contribution < 1.29 is 24.2 Å². The summed E-state index contributed by atoms with van der Waals surface area (Å²) >= 11 is 1.09. The van der Waals surface area contributed by atoms with Gasteiger partial charge in [0.15, 0.2) is 0 Å². The average Bonchev–Trinajstić information content (AvgIpc) is 3.06. The van der Waals surface area contributed by atoms with Crippen molar-refractivity contribution >= 4 is 28.5 Å². The van der Waals surface area contributed by atoms with Gasteiger partial charge in [-0.1, -0.05) is 0 Å². The maximum Gasteiger partial charge on any atom is 0.335 e. The van der Waals surface area contributed by atoms with E-state index in [0.29, 0.717) is 33.8 Å². The van der Waals surface area contributed by atoms with Gasteiger partial charge in [-0.25, -0.2) is 9.78 Å². The number of benzene rings is 2. The number of anilines is 1. The smallest absolute Gasteiger partial charge is 0.335 e. The highest BCUT2D eigenvalue weighted by molar-refractivity contribution is 7.09. The van der Waals surface area contributed by atoms with Gasteiger partial charge < -0.3 is 14.6 Å². The molecule has 2 N–H and O–H groups in total. The number of aromatic carboxylic acids is 1. The number of carbonyl (C=O) groups is 2. The zero-order chi connectivity index (χ0) is 21.0. The number of carbonyl (C=O) groups excluding carboxylic acids is 1. The van der Waals surface area contributed by atoms with E-state index in [9.17, 15) is 9.59 Å². The molecular weight excluding hydrogens is 394 g/mol. The van der Waals surface area contributed by atoms with Crippen molar-refractivity contribution in [1.29, 1.82) is 0 Å². The van der Waals surface area contributed by atoms with Crippen LogP contribution < -0.4 is 14.8 Å². The predicted octanol–water partition coefficient (Wildman–Crippen LogP) is 4.38. The van der Waals surface area contributed by atoms with Crippen LogP contribution in [0.25, 0.3) is 0 Å². The average molecular weight is 413 g/mol. The van der Waals surface area contributed by atoms with E-state index < -0.39 is 5.97 Å². The van der Waals surface area contributed by atoms with E-state index in [1.54, 1.807) is 37.3 Å². The first-order valence-corrected chi connectivity index (χ1v) is 9.52. The molecule has 0 saturated carbocycles. The molecular formula is C20H19N3O5S. The van der Waals surface area contributed by atoms with Crippen LogP contribution in [-0.2, 0) is 0 Å². The normalized spacial score (nSPS) is 10.6. The molecule has 3 aromatic rings. The van der Waals surface area contributed by atoms with Gasteiger partial charge in [0.2, 0.25) is 5.13 Å². The monoisotopic (exact) mass is 413 g/mol. The lowest BCUT2D eigenvalue weighted by atomic mass is 10.2. The molecule has 2 aromatic carbocycles. The van der Waals surface area contributed by atoms with Gasteiger partial charge in [0.05, 0.1) is 11.7 Å². The van der Waals surface area contributed by atoms with E-state index in [4.69, 9.17) is 14.6 Å². The summed E-state index contributed by atoms with van der Waals surface area (Å²) in [6, 6.07) is 10.8. The second-order valence-electron chi connectivity index (χ2n) is 6.39.